The van der Waals surface area contributed by atoms with Gasteiger partial charge in [-0.3, -0.25) is 4.79 Å². The summed E-state index contributed by atoms with van der Waals surface area (Å²) in [6.07, 6.45) is 10.0. The first kappa shape index (κ1) is 23.1. The van der Waals surface area contributed by atoms with E-state index in [1.54, 1.807) is 0 Å². The number of ether oxygens (including phenoxy) is 2. The van der Waals surface area contributed by atoms with Crippen LogP contribution in [0.3, 0.4) is 0 Å². The number of carbonyl (C=O) groups excluding carboxylic acids is 2. The molecule has 0 amide bonds. The van der Waals surface area contributed by atoms with E-state index in [0.717, 1.165) is 25.7 Å². The molecule has 0 aromatic carbocycles. The van der Waals surface area contributed by atoms with Gasteiger partial charge in [-0.15, -0.1) is 0 Å². The van der Waals surface area contributed by atoms with Gasteiger partial charge in [-0.2, -0.15) is 0 Å². The van der Waals surface area contributed by atoms with Crippen molar-refractivity contribution in [2.45, 2.75) is 91.5 Å². The highest BCUT2D eigenvalue weighted by Gasteiger charge is 2.43. The summed E-state index contributed by atoms with van der Waals surface area (Å²) in [6, 6.07) is 0. The van der Waals surface area contributed by atoms with Crippen LogP contribution in [0.25, 0.3) is 0 Å². The normalized spacial score (nSPS) is 36.5. The minimum atomic E-state index is -0.974. The second kappa shape index (κ2) is 9.25. The molecule has 0 spiro atoms. The van der Waals surface area contributed by atoms with Crippen molar-refractivity contribution in [1.82, 2.24) is 0 Å². The zero-order valence-corrected chi connectivity index (χ0v) is 19.1. The maximum atomic E-state index is 12.9. The molecule has 3 rings (SSSR count). The third-order valence-electron chi connectivity index (χ3n) is 7.43. The minimum Gasteiger partial charge on any atom is -0.461 e. The predicted molar refractivity (Wildman–Crippen MR) is 115 cm³/mol. The largest absolute Gasteiger partial charge is 0.461 e. The Kier molecular flexibility index (Phi) is 7.11. The molecule has 1 saturated heterocycles. The lowest BCUT2D eigenvalue weighted by molar-refractivity contribution is -0.168. The molecule has 0 aromatic rings. The van der Waals surface area contributed by atoms with Crippen molar-refractivity contribution in [3.05, 3.63) is 23.8 Å². The van der Waals surface area contributed by atoms with Crippen LogP contribution in [0.2, 0.25) is 0 Å². The Labute approximate surface area is 180 Å². The van der Waals surface area contributed by atoms with E-state index in [9.17, 15) is 14.7 Å². The molecule has 1 fully saturated rings. The Balaban J connectivity index is 1.75. The van der Waals surface area contributed by atoms with Gasteiger partial charge in [-0.05, 0) is 75.7 Å². The smallest absolute Gasteiger partial charge is 0.335 e. The van der Waals surface area contributed by atoms with Gasteiger partial charge < -0.3 is 14.6 Å². The van der Waals surface area contributed by atoms with Crippen molar-refractivity contribution in [2.24, 2.45) is 29.1 Å². The highest BCUT2D eigenvalue weighted by molar-refractivity contribution is 5.76. The molecule has 2 aliphatic carbocycles. The van der Waals surface area contributed by atoms with Crippen LogP contribution in [0.15, 0.2) is 23.8 Å². The van der Waals surface area contributed by atoms with E-state index in [2.05, 4.69) is 32.1 Å². The van der Waals surface area contributed by atoms with Gasteiger partial charge in [-0.25, -0.2) is 4.79 Å². The number of hydrogen-bond acceptors (Lipinski definition) is 5. The van der Waals surface area contributed by atoms with Crippen LogP contribution in [0, 0.1) is 29.1 Å². The van der Waals surface area contributed by atoms with Crippen molar-refractivity contribution in [2.75, 3.05) is 0 Å². The first-order valence-corrected chi connectivity index (χ1v) is 11.6. The van der Waals surface area contributed by atoms with Crippen molar-refractivity contribution in [3.8, 4) is 0 Å². The molecule has 3 aliphatic rings. The molecule has 0 bridgehead atoms. The van der Waals surface area contributed by atoms with Gasteiger partial charge in [0, 0.05) is 5.92 Å². The molecule has 1 aliphatic heterocycles. The van der Waals surface area contributed by atoms with Crippen molar-refractivity contribution in [3.63, 3.8) is 0 Å². The van der Waals surface area contributed by atoms with Crippen molar-refractivity contribution in [1.29, 1.82) is 0 Å². The number of cyclic esters (lactones) is 1. The lowest BCUT2D eigenvalue weighted by Crippen LogP contribution is -2.43. The molecule has 0 saturated carbocycles. The molecular formula is C25H38O5. The number of allylic oxidation sites excluding steroid dienone is 3. The lowest BCUT2D eigenvalue weighted by Gasteiger charge is -2.44. The van der Waals surface area contributed by atoms with Crippen LogP contribution in [0.5, 0.6) is 0 Å². The molecule has 1 heterocycles. The fourth-order valence-corrected chi connectivity index (χ4v) is 5.01. The minimum absolute atomic E-state index is 0.111. The van der Waals surface area contributed by atoms with Crippen LogP contribution >= 0.6 is 0 Å². The third kappa shape index (κ3) is 4.99. The molecule has 30 heavy (non-hydrogen) atoms. The van der Waals surface area contributed by atoms with Crippen LogP contribution in [-0.4, -0.2) is 35.4 Å². The van der Waals surface area contributed by atoms with Gasteiger partial charge in [0.2, 0.25) is 0 Å². The summed E-state index contributed by atoms with van der Waals surface area (Å²) < 4.78 is 11.6. The third-order valence-corrected chi connectivity index (χ3v) is 7.43. The van der Waals surface area contributed by atoms with Crippen LogP contribution in [0.4, 0.5) is 0 Å². The molecule has 0 radical (unpaired) electrons. The average molecular weight is 419 g/mol. The first-order valence-electron chi connectivity index (χ1n) is 11.6. The number of aliphatic hydroxyl groups excluding tert-OH is 1. The number of hydrogen-bond donors (Lipinski definition) is 1. The molecule has 0 aromatic heterocycles. The number of aliphatic hydroxyl groups is 1. The van der Waals surface area contributed by atoms with Gasteiger partial charge in [0.1, 0.15) is 12.2 Å². The SMILES string of the molecule is CCC(C)(C)C(=O)OC1CC(C)C=C2C=CC(C)C(CCC3CCC(O)C(=O)O3)C21. The molecule has 168 valence electrons. The molecule has 1 N–H and O–H groups in total. The zero-order chi connectivity index (χ0) is 22.1. The second-order valence-corrected chi connectivity index (χ2v) is 10.2. The summed E-state index contributed by atoms with van der Waals surface area (Å²) in [6.45, 7) is 10.3. The van der Waals surface area contributed by atoms with E-state index in [1.165, 1.54) is 5.57 Å². The maximum absolute atomic E-state index is 12.9. The van der Waals surface area contributed by atoms with Gasteiger partial charge in [0.25, 0.3) is 0 Å². The Bertz CT molecular complexity index is 706. The van der Waals surface area contributed by atoms with E-state index in [4.69, 9.17) is 9.47 Å². The molecular weight excluding hydrogens is 380 g/mol. The fourth-order valence-electron chi connectivity index (χ4n) is 5.01. The standard InChI is InChI=1S/C25H38O5/c1-6-25(4,5)24(28)30-21-14-15(2)13-17-8-7-16(3)19(22(17)21)11-9-18-10-12-20(26)23(27)29-18/h7-8,13,15-16,18-22,26H,6,9-12,14H2,1-5H3. The lowest BCUT2D eigenvalue weighted by atomic mass is 9.65. The number of esters is 2. The van der Waals surface area contributed by atoms with Gasteiger partial charge >= 0.3 is 11.9 Å². The molecule has 7 atom stereocenters. The average Bonchev–Trinajstić information content (AvgIpc) is 2.69. The van der Waals surface area contributed by atoms with Gasteiger partial charge in [0.15, 0.2) is 6.10 Å². The highest BCUT2D eigenvalue weighted by Crippen LogP contribution is 2.45. The van der Waals surface area contributed by atoms with Crippen molar-refractivity contribution >= 4 is 11.9 Å². The molecule has 7 unspecified atom stereocenters. The highest BCUT2D eigenvalue weighted by atomic mass is 16.6. The summed E-state index contributed by atoms with van der Waals surface area (Å²) in [5.74, 6) is 0.650. The van der Waals surface area contributed by atoms with Gasteiger partial charge in [-0.1, -0.05) is 39.0 Å². The van der Waals surface area contributed by atoms with E-state index in [1.807, 2.05) is 20.8 Å². The first-order chi connectivity index (χ1) is 14.1. The summed E-state index contributed by atoms with van der Waals surface area (Å²) in [5.41, 5.74) is 0.799. The fraction of sp³-hybridized carbons (Fsp3) is 0.760. The summed E-state index contributed by atoms with van der Waals surface area (Å²) >= 11 is 0. The van der Waals surface area contributed by atoms with Gasteiger partial charge in [0.05, 0.1) is 5.41 Å². The van der Waals surface area contributed by atoms with Crippen LogP contribution in [0.1, 0.15) is 73.1 Å². The van der Waals surface area contributed by atoms with Crippen LogP contribution < -0.4 is 0 Å². The number of fused-ring (bicyclic) bond motifs is 1. The summed E-state index contributed by atoms with van der Waals surface area (Å²) in [7, 11) is 0. The quantitative estimate of drug-likeness (QED) is 0.639. The zero-order valence-electron chi connectivity index (χ0n) is 19.1. The maximum Gasteiger partial charge on any atom is 0.335 e. The van der Waals surface area contributed by atoms with E-state index in [0.29, 0.717) is 30.6 Å². The summed E-state index contributed by atoms with van der Waals surface area (Å²) in [5, 5.41) is 9.60. The van der Waals surface area contributed by atoms with Crippen LogP contribution in [-0.2, 0) is 19.1 Å². The number of carbonyl (C=O) groups is 2. The monoisotopic (exact) mass is 418 g/mol. The summed E-state index contributed by atoms with van der Waals surface area (Å²) in [4.78, 5) is 24.6. The molecule has 5 heteroatoms. The Morgan fingerprint density at radius 2 is 2.00 bits per heavy atom. The molecule has 5 nitrogen and oxygen atoms in total. The Morgan fingerprint density at radius 3 is 2.67 bits per heavy atom. The van der Waals surface area contributed by atoms with E-state index < -0.39 is 17.5 Å². The predicted octanol–water partition coefficient (Wildman–Crippen LogP) is 4.59. The Hall–Kier alpha value is -1.62. The van der Waals surface area contributed by atoms with Crippen molar-refractivity contribution < 1.29 is 24.2 Å². The Morgan fingerprint density at radius 1 is 1.27 bits per heavy atom. The number of rotatable bonds is 6. The van der Waals surface area contributed by atoms with E-state index in [-0.39, 0.29) is 24.1 Å². The second-order valence-electron chi connectivity index (χ2n) is 10.2. The topological polar surface area (TPSA) is 72.8 Å². The van der Waals surface area contributed by atoms with E-state index >= 15 is 0 Å².